The second-order valence-electron chi connectivity index (χ2n) is 6.21. The van der Waals surface area contributed by atoms with E-state index in [2.05, 4.69) is 15.3 Å². The zero-order valence-corrected chi connectivity index (χ0v) is 15.5. The van der Waals surface area contributed by atoms with Crippen LogP contribution in [0, 0.1) is 13.8 Å². The van der Waals surface area contributed by atoms with Crippen molar-refractivity contribution in [2.24, 2.45) is 0 Å². The number of fused-ring (bicyclic) bond motifs is 1. The summed E-state index contributed by atoms with van der Waals surface area (Å²) >= 11 is 1.49. The van der Waals surface area contributed by atoms with Gasteiger partial charge in [0.25, 0.3) is 5.56 Å². The third kappa shape index (κ3) is 4.00. The number of thiophene rings is 1. The lowest BCUT2D eigenvalue weighted by molar-refractivity contribution is -0.121. The molecule has 0 aliphatic carbocycles. The van der Waals surface area contributed by atoms with Crippen LogP contribution in [0.2, 0.25) is 0 Å². The molecule has 3 aromatic rings. The molecule has 0 spiro atoms. The molecular formula is C19H21N3O3S. The minimum atomic E-state index is -0.744. The predicted molar refractivity (Wildman–Crippen MR) is 102 cm³/mol. The highest BCUT2D eigenvalue weighted by molar-refractivity contribution is 7.18. The van der Waals surface area contributed by atoms with Crippen molar-refractivity contribution in [2.45, 2.75) is 32.8 Å². The average Bonchev–Trinajstić information content (AvgIpc) is 2.93. The van der Waals surface area contributed by atoms with Gasteiger partial charge in [0.05, 0.1) is 11.5 Å². The van der Waals surface area contributed by atoms with Crippen molar-refractivity contribution in [3.63, 3.8) is 0 Å². The lowest BCUT2D eigenvalue weighted by Gasteiger charge is -2.12. The number of carbonyl (C=O) groups is 1. The summed E-state index contributed by atoms with van der Waals surface area (Å²) in [5.41, 5.74) is 1.55. The Bertz CT molecular complexity index is 979. The maximum absolute atomic E-state index is 12.2. The fourth-order valence-electron chi connectivity index (χ4n) is 2.74. The molecule has 7 heteroatoms. The molecule has 0 bridgehead atoms. The first-order valence-electron chi connectivity index (χ1n) is 8.44. The first-order chi connectivity index (χ1) is 12.5. The third-order valence-corrected chi connectivity index (χ3v) is 5.46. The largest absolute Gasteiger partial charge is 0.387 e. The summed E-state index contributed by atoms with van der Waals surface area (Å²) in [6.45, 7) is 4.03. The van der Waals surface area contributed by atoms with Crippen molar-refractivity contribution < 1.29 is 9.90 Å². The summed E-state index contributed by atoms with van der Waals surface area (Å²) in [6, 6.07) is 9.17. The van der Waals surface area contributed by atoms with Gasteiger partial charge in [0.15, 0.2) is 0 Å². The Balaban J connectivity index is 1.58. The molecule has 26 heavy (non-hydrogen) atoms. The highest BCUT2D eigenvalue weighted by atomic mass is 32.1. The zero-order valence-electron chi connectivity index (χ0n) is 14.7. The molecule has 3 rings (SSSR count). The lowest BCUT2D eigenvalue weighted by Crippen LogP contribution is -2.28. The van der Waals surface area contributed by atoms with Crippen molar-refractivity contribution >= 4 is 27.5 Å². The molecule has 2 heterocycles. The number of carbonyl (C=O) groups excluding carboxylic acids is 1. The SMILES string of the molecule is Cc1sc2nc(CCC(=O)NC[C@@H](O)c3ccccc3)[nH]c(=O)c2c1C. The van der Waals surface area contributed by atoms with Crippen molar-refractivity contribution in [1.29, 1.82) is 0 Å². The topological polar surface area (TPSA) is 95.1 Å². The van der Waals surface area contributed by atoms with Crippen LogP contribution in [0.1, 0.15) is 34.4 Å². The first-order valence-corrected chi connectivity index (χ1v) is 9.26. The van der Waals surface area contributed by atoms with Gasteiger partial charge in [-0.25, -0.2) is 4.98 Å². The fourth-order valence-corrected chi connectivity index (χ4v) is 3.79. The summed E-state index contributed by atoms with van der Waals surface area (Å²) in [5, 5.41) is 13.4. The van der Waals surface area contributed by atoms with Gasteiger partial charge >= 0.3 is 0 Å². The number of aryl methyl sites for hydroxylation is 3. The van der Waals surface area contributed by atoms with Crippen molar-refractivity contribution in [1.82, 2.24) is 15.3 Å². The van der Waals surface area contributed by atoms with Crippen molar-refractivity contribution in [3.8, 4) is 0 Å². The number of hydrogen-bond donors (Lipinski definition) is 3. The summed E-state index contributed by atoms with van der Waals surface area (Å²) in [6.07, 6.45) is -0.209. The molecule has 0 radical (unpaired) electrons. The smallest absolute Gasteiger partial charge is 0.259 e. The van der Waals surface area contributed by atoms with Gasteiger partial charge in [-0.15, -0.1) is 11.3 Å². The molecule has 2 aromatic heterocycles. The first kappa shape index (κ1) is 18.3. The molecule has 6 nitrogen and oxygen atoms in total. The molecule has 0 saturated heterocycles. The van der Waals surface area contributed by atoms with Crippen molar-refractivity contribution in [3.05, 3.63) is 62.5 Å². The van der Waals surface area contributed by atoms with Crippen LogP contribution >= 0.6 is 11.3 Å². The molecule has 0 aliphatic heterocycles. The second-order valence-corrected chi connectivity index (χ2v) is 7.41. The van der Waals surface area contributed by atoms with E-state index in [4.69, 9.17) is 0 Å². The number of hydrogen-bond acceptors (Lipinski definition) is 5. The summed E-state index contributed by atoms with van der Waals surface area (Å²) in [5.74, 6) is 0.309. The summed E-state index contributed by atoms with van der Waals surface area (Å²) in [4.78, 5) is 33.3. The molecule has 3 N–H and O–H groups in total. The number of aromatic amines is 1. The zero-order chi connectivity index (χ0) is 18.7. The second kappa shape index (κ2) is 7.80. The molecule has 0 saturated carbocycles. The van der Waals surface area contributed by atoms with E-state index in [0.717, 1.165) is 16.0 Å². The van der Waals surface area contributed by atoms with E-state index in [1.54, 1.807) is 0 Å². The predicted octanol–water partition coefficient (Wildman–Crippen LogP) is 2.38. The van der Waals surface area contributed by atoms with Crippen LogP contribution in [0.3, 0.4) is 0 Å². The number of nitrogens with zero attached hydrogens (tertiary/aromatic N) is 1. The number of amides is 1. The van der Waals surface area contributed by atoms with E-state index in [9.17, 15) is 14.7 Å². The van der Waals surface area contributed by atoms with E-state index in [0.29, 0.717) is 22.5 Å². The molecule has 0 unspecified atom stereocenters. The summed E-state index contributed by atoms with van der Waals surface area (Å²) < 4.78 is 0. The van der Waals surface area contributed by atoms with E-state index >= 15 is 0 Å². The number of H-pyrrole nitrogens is 1. The number of aliphatic hydroxyl groups is 1. The maximum Gasteiger partial charge on any atom is 0.259 e. The van der Waals surface area contributed by atoms with Gasteiger partial charge in [-0.3, -0.25) is 9.59 Å². The number of rotatable bonds is 6. The normalized spacial score (nSPS) is 12.3. The molecule has 0 aliphatic rings. The van der Waals surface area contributed by atoms with Gasteiger partial charge in [0.1, 0.15) is 10.7 Å². The van der Waals surface area contributed by atoms with Crippen LogP contribution in [-0.4, -0.2) is 27.5 Å². The Morgan fingerprint density at radius 3 is 2.77 bits per heavy atom. The highest BCUT2D eigenvalue weighted by Crippen LogP contribution is 2.25. The maximum atomic E-state index is 12.2. The van der Waals surface area contributed by atoms with Crippen LogP contribution in [0.15, 0.2) is 35.1 Å². The number of benzene rings is 1. The van der Waals surface area contributed by atoms with Crippen LogP contribution < -0.4 is 10.9 Å². The van der Waals surface area contributed by atoms with Crippen LogP contribution in [-0.2, 0) is 11.2 Å². The Morgan fingerprint density at radius 1 is 1.31 bits per heavy atom. The minimum absolute atomic E-state index is 0.148. The lowest BCUT2D eigenvalue weighted by atomic mass is 10.1. The minimum Gasteiger partial charge on any atom is -0.387 e. The van der Waals surface area contributed by atoms with E-state index in [1.165, 1.54) is 11.3 Å². The highest BCUT2D eigenvalue weighted by Gasteiger charge is 2.13. The van der Waals surface area contributed by atoms with Crippen molar-refractivity contribution in [2.75, 3.05) is 6.54 Å². The molecule has 1 atom stereocenters. The van der Waals surface area contributed by atoms with Gasteiger partial charge < -0.3 is 15.4 Å². The molecule has 136 valence electrons. The average molecular weight is 371 g/mol. The van der Waals surface area contributed by atoms with E-state index in [-0.39, 0.29) is 24.4 Å². The van der Waals surface area contributed by atoms with E-state index in [1.807, 2.05) is 44.2 Å². The van der Waals surface area contributed by atoms with Crippen LogP contribution in [0.4, 0.5) is 0 Å². The Morgan fingerprint density at radius 2 is 2.04 bits per heavy atom. The quantitative estimate of drug-likeness (QED) is 0.620. The monoisotopic (exact) mass is 371 g/mol. The molecule has 1 amide bonds. The Hall–Kier alpha value is -2.51. The fraction of sp³-hybridized carbons (Fsp3) is 0.316. The summed E-state index contributed by atoms with van der Waals surface area (Å²) in [7, 11) is 0. The van der Waals surface area contributed by atoms with Gasteiger partial charge in [-0.1, -0.05) is 30.3 Å². The van der Waals surface area contributed by atoms with E-state index < -0.39 is 6.10 Å². The molecular weight excluding hydrogens is 350 g/mol. The number of aliphatic hydroxyl groups excluding tert-OH is 1. The number of nitrogens with one attached hydrogen (secondary N) is 2. The standard InChI is InChI=1S/C19H21N3O3S/c1-11-12(2)26-19-17(11)18(25)21-15(22-19)8-9-16(24)20-10-14(23)13-6-4-3-5-7-13/h3-7,14,23H,8-10H2,1-2H3,(H,20,24)(H,21,22,25)/t14-/m1/s1. The van der Waals surface area contributed by atoms with Crippen LogP contribution in [0.5, 0.6) is 0 Å². The van der Waals surface area contributed by atoms with Gasteiger partial charge in [-0.05, 0) is 25.0 Å². The van der Waals surface area contributed by atoms with Crippen LogP contribution in [0.25, 0.3) is 10.2 Å². The van der Waals surface area contributed by atoms with Gasteiger partial charge in [0.2, 0.25) is 5.91 Å². The third-order valence-electron chi connectivity index (χ3n) is 4.35. The molecule has 0 fully saturated rings. The van der Waals surface area contributed by atoms with Gasteiger partial charge in [-0.2, -0.15) is 0 Å². The molecule has 1 aromatic carbocycles. The Labute approximate surface area is 154 Å². The number of aromatic nitrogens is 2. The van der Waals surface area contributed by atoms with Gasteiger partial charge in [0, 0.05) is 24.3 Å². The Kier molecular flexibility index (Phi) is 5.49.